The Morgan fingerprint density at radius 2 is 2.00 bits per heavy atom. The average molecular weight is 324 g/mol. The highest BCUT2D eigenvalue weighted by molar-refractivity contribution is 5.71. The molecule has 0 unspecified atom stereocenters. The van der Waals surface area contributed by atoms with E-state index in [-0.39, 0.29) is 18.2 Å². The van der Waals surface area contributed by atoms with Gasteiger partial charge in [0.25, 0.3) is 0 Å². The van der Waals surface area contributed by atoms with Crippen molar-refractivity contribution in [1.82, 2.24) is 19.8 Å². The fourth-order valence-electron chi connectivity index (χ4n) is 3.49. The lowest BCUT2D eigenvalue weighted by Gasteiger charge is -2.22. The third kappa shape index (κ3) is 3.10. The van der Waals surface area contributed by atoms with Gasteiger partial charge in [0.15, 0.2) is 0 Å². The first kappa shape index (κ1) is 15.1. The van der Waals surface area contributed by atoms with E-state index >= 15 is 0 Å². The van der Waals surface area contributed by atoms with Crippen LogP contribution in [0.15, 0.2) is 48.9 Å². The third-order valence-electron chi connectivity index (χ3n) is 4.69. The van der Waals surface area contributed by atoms with E-state index in [4.69, 9.17) is 4.74 Å². The summed E-state index contributed by atoms with van der Waals surface area (Å²) < 4.78 is 5.57. The number of hydrogen-bond donors (Lipinski definition) is 0. The Balaban J connectivity index is 1.37. The molecule has 6 nitrogen and oxygen atoms in total. The third-order valence-corrected chi connectivity index (χ3v) is 4.69. The van der Waals surface area contributed by atoms with Crippen molar-refractivity contribution in [3.8, 4) is 0 Å². The molecule has 2 atom stereocenters. The van der Waals surface area contributed by atoms with Crippen LogP contribution in [-0.4, -0.2) is 57.6 Å². The molecule has 2 aliphatic heterocycles. The second-order valence-electron chi connectivity index (χ2n) is 6.30. The van der Waals surface area contributed by atoms with Gasteiger partial charge in [0.2, 0.25) is 0 Å². The predicted octanol–water partition coefficient (Wildman–Crippen LogP) is 1.72. The van der Waals surface area contributed by atoms with E-state index in [1.807, 2.05) is 47.6 Å². The Kier molecular flexibility index (Phi) is 4.13. The van der Waals surface area contributed by atoms with Crippen molar-refractivity contribution in [1.29, 1.82) is 0 Å². The van der Waals surface area contributed by atoms with E-state index in [9.17, 15) is 4.79 Å². The second kappa shape index (κ2) is 6.57. The van der Waals surface area contributed by atoms with Crippen molar-refractivity contribution in [2.24, 2.45) is 0 Å². The topological polar surface area (TPSA) is 58.6 Å². The number of ether oxygens (including phenoxy) is 1. The molecule has 4 rings (SSSR count). The fraction of sp³-hybridized carbons (Fsp3) is 0.389. The van der Waals surface area contributed by atoms with Crippen LogP contribution in [-0.2, 0) is 17.7 Å². The Hall–Kier alpha value is -2.47. The molecule has 0 saturated carbocycles. The minimum absolute atomic E-state index is 0.0249. The average Bonchev–Trinajstić information content (AvgIpc) is 3.11. The molecule has 1 amide bonds. The van der Waals surface area contributed by atoms with Crippen molar-refractivity contribution in [3.63, 3.8) is 0 Å². The molecule has 0 radical (unpaired) electrons. The van der Waals surface area contributed by atoms with Gasteiger partial charge in [-0.1, -0.05) is 6.07 Å². The van der Waals surface area contributed by atoms with Gasteiger partial charge in [-0.15, -0.1) is 0 Å². The van der Waals surface area contributed by atoms with Gasteiger partial charge in [0.05, 0.1) is 6.04 Å². The molecule has 2 aliphatic rings. The van der Waals surface area contributed by atoms with E-state index in [2.05, 4.69) is 14.9 Å². The smallest absolute Gasteiger partial charge is 0.410 e. The van der Waals surface area contributed by atoms with Crippen LogP contribution in [0.4, 0.5) is 4.79 Å². The van der Waals surface area contributed by atoms with Gasteiger partial charge in [0.1, 0.15) is 6.10 Å². The molecule has 0 aromatic carbocycles. The molecule has 0 aliphatic carbocycles. The molecule has 0 spiro atoms. The summed E-state index contributed by atoms with van der Waals surface area (Å²) in [7, 11) is 0. The highest BCUT2D eigenvalue weighted by atomic mass is 16.6. The Labute approximate surface area is 141 Å². The number of rotatable bonds is 5. The Bertz CT molecular complexity index is 695. The predicted molar refractivity (Wildman–Crippen MR) is 88.2 cm³/mol. The summed E-state index contributed by atoms with van der Waals surface area (Å²) in [5, 5.41) is 0. The maximum absolute atomic E-state index is 12.1. The van der Waals surface area contributed by atoms with Gasteiger partial charge in [-0.3, -0.25) is 19.8 Å². The van der Waals surface area contributed by atoms with Gasteiger partial charge in [0, 0.05) is 56.9 Å². The fourth-order valence-corrected chi connectivity index (χ4v) is 3.49. The molecule has 24 heavy (non-hydrogen) atoms. The SMILES string of the molecule is O=C1O[C@@H]2CN(Cc3ccncc3)C[C@@H]2N1CCc1ccccn1. The zero-order chi connectivity index (χ0) is 16.4. The van der Waals surface area contributed by atoms with Crippen LogP contribution < -0.4 is 0 Å². The zero-order valence-corrected chi connectivity index (χ0v) is 13.4. The first-order valence-electron chi connectivity index (χ1n) is 8.28. The van der Waals surface area contributed by atoms with Crippen molar-refractivity contribution < 1.29 is 9.53 Å². The molecule has 2 aromatic rings. The molecule has 0 N–H and O–H groups in total. The summed E-state index contributed by atoms with van der Waals surface area (Å²) in [6.07, 6.45) is 5.94. The van der Waals surface area contributed by atoms with Crippen LogP contribution in [0.2, 0.25) is 0 Å². The van der Waals surface area contributed by atoms with Crippen LogP contribution in [0.25, 0.3) is 0 Å². The summed E-state index contributed by atoms with van der Waals surface area (Å²) in [6.45, 7) is 3.15. The standard InChI is InChI=1S/C18H20N4O2/c23-18-22(10-6-15-3-1-2-7-20-15)16-12-21(13-17(16)24-18)11-14-4-8-19-9-5-14/h1-5,7-9,16-17H,6,10-13H2/t16-,17+/m0/s1. The number of likely N-dealkylation sites (tertiary alicyclic amines) is 1. The summed E-state index contributed by atoms with van der Waals surface area (Å²) >= 11 is 0. The summed E-state index contributed by atoms with van der Waals surface area (Å²) in [5.74, 6) is 0. The second-order valence-corrected chi connectivity index (χ2v) is 6.30. The van der Waals surface area contributed by atoms with Crippen LogP contribution in [0, 0.1) is 0 Å². The maximum atomic E-state index is 12.1. The van der Waals surface area contributed by atoms with E-state index in [1.165, 1.54) is 5.56 Å². The number of pyridine rings is 2. The molecule has 6 heteroatoms. The van der Waals surface area contributed by atoms with E-state index in [1.54, 1.807) is 6.20 Å². The van der Waals surface area contributed by atoms with Gasteiger partial charge in [-0.05, 0) is 29.8 Å². The number of carbonyl (C=O) groups excluding carboxylic acids is 1. The minimum Gasteiger partial charge on any atom is -0.442 e. The number of nitrogens with zero attached hydrogens (tertiary/aromatic N) is 4. The van der Waals surface area contributed by atoms with E-state index in [0.717, 1.165) is 31.7 Å². The first-order valence-corrected chi connectivity index (χ1v) is 8.28. The van der Waals surface area contributed by atoms with Gasteiger partial charge < -0.3 is 4.74 Å². The quantitative estimate of drug-likeness (QED) is 0.838. The molecule has 4 heterocycles. The maximum Gasteiger partial charge on any atom is 0.410 e. The number of fused-ring (bicyclic) bond motifs is 1. The monoisotopic (exact) mass is 324 g/mol. The lowest BCUT2D eigenvalue weighted by molar-refractivity contribution is 0.120. The largest absolute Gasteiger partial charge is 0.442 e. The highest BCUT2D eigenvalue weighted by Gasteiger charge is 2.47. The van der Waals surface area contributed by atoms with E-state index < -0.39 is 0 Å². The first-order chi connectivity index (χ1) is 11.8. The van der Waals surface area contributed by atoms with Crippen molar-refractivity contribution >= 4 is 6.09 Å². The van der Waals surface area contributed by atoms with Crippen molar-refractivity contribution in [2.45, 2.75) is 25.1 Å². The normalized spacial score (nSPS) is 23.3. The van der Waals surface area contributed by atoms with E-state index in [0.29, 0.717) is 6.54 Å². The van der Waals surface area contributed by atoms with Crippen LogP contribution in [0.3, 0.4) is 0 Å². The molecule has 0 bridgehead atoms. The summed E-state index contributed by atoms with van der Waals surface area (Å²) in [4.78, 5) is 24.7. The van der Waals surface area contributed by atoms with Crippen LogP contribution in [0.1, 0.15) is 11.3 Å². The van der Waals surface area contributed by atoms with Gasteiger partial charge >= 0.3 is 6.09 Å². The van der Waals surface area contributed by atoms with Crippen molar-refractivity contribution in [3.05, 3.63) is 60.2 Å². The molecule has 124 valence electrons. The van der Waals surface area contributed by atoms with Crippen molar-refractivity contribution in [2.75, 3.05) is 19.6 Å². The molecule has 2 saturated heterocycles. The van der Waals surface area contributed by atoms with Crippen LogP contribution in [0.5, 0.6) is 0 Å². The summed E-state index contributed by atoms with van der Waals surface area (Å²) in [5.41, 5.74) is 2.23. The van der Waals surface area contributed by atoms with Gasteiger partial charge in [-0.25, -0.2) is 4.79 Å². The molecule has 2 fully saturated rings. The Morgan fingerprint density at radius 3 is 2.79 bits per heavy atom. The number of aromatic nitrogens is 2. The number of carbonyl (C=O) groups is 1. The lowest BCUT2D eigenvalue weighted by Crippen LogP contribution is -2.39. The molecular weight excluding hydrogens is 304 g/mol. The molecule has 2 aromatic heterocycles. The minimum atomic E-state index is -0.190. The number of hydrogen-bond acceptors (Lipinski definition) is 5. The number of amides is 1. The highest BCUT2D eigenvalue weighted by Crippen LogP contribution is 2.28. The zero-order valence-electron chi connectivity index (χ0n) is 13.4. The lowest BCUT2D eigenvalue weighted by atomic mass is 10.2. The Morgan fingerprint density at radius 1 is 1.12 bits per heavy atom. The van der Waals surface area contributed by atoms with Gasteiger partial charge in [-0.2, -0.15) is 0 Å². The molecular formula is C18H20N4O2. The summed E-state index contributed by atoms with van der Waals surface area (Å²) in [6, 6.07) is 10.1. The van der Waals surface area contributed by atoms with Crippen LogP contribution >= 0.6 is 0 Å².